The van der Waals surface area contributed by atoms with Gasteiger partial charge in [-0.2, -0.15) is 0 Å². The molecule has 0 spiro atoms. The van der Waals surface area contributed by atoms with Crippen LogP contribution in [0.15, 0.2) is 36.7 Å². The monoisotopic (exact) mass is 256 g/mol. The summed E-state index contributed by atoms with van der Waals surface area (Å²) < 4.78 is 0. The van der Waals surface area contributed by atoms with Gasteiger partial charge in [0, 0.05) is 25.5 Å². The first kappa shape index (κ1) is 11.1. The van der Waals surface area contributed by atoms with Gasteiger partial charge in [-0.3, -0.25) is 0 Å². The highest BCUT2D eigenvalue weighted by atomic mass is 32.1. The zero-order valence-electron chi connectivity index (χ0n) is 9.71. The number of fused-ring (bicyclic) bond motifs is 1. The van der Waals surface area contributed by atoms with E-state index in [1.807, 2.05) is 12.1 Å². The third-order valence-corrected chi connectivity index (χ3v) is 3.25. The standard InChI is InChI=1S/C13H12N4S/c14-12(18)11-13(16-6-5-15-11)17-7-9-3-1-2-4-10(9)8-17/h1-6H,7-8H2,(H2,14,18). The van der Waals surface area contributed by atoms with E-state index in [9.17, 15) is 0 Å². The van der Waals surface area contributed by atoms with Crippen LogP contribution in [0.25, 0.3) is 0 Å². The second-order valence-electron chi connectivity index (χ2n) is 4.22. The molecule has 0 amide bonds. The molecule has 0 saturated heterocycles. The highest BCUT2D eigenvalue weighted by molar-refractivity contribution is 7.80. The molecule has 1 aromatic heterocycles. The Balaban J connectivity index is 1.98. The molecular formula is C13H12N4S. The van der Waals surface area contributed by atoms with Gasteiger partial charge in [-0.25, -0.2) is 9.97 Å². The SMILES string of the molecule is NC(=S)c1nccnc1N1Cc2ccccc2C1. The van der Waals surface area contributed by atoms with Crippen LogP contribution in [0.1, 0.15) is 16.8 Å². The van der Waals surface area contributed by atoms with Gasteiger partial charge >= 0.3 is 0 Å². The lowest BCUT2D eigenvalue weighted by Gasteiger charge is -2.18. The lowest BCUT2D eigenvalue weighted by atomic mass is 10.1. The van der Waals surface area contributed by atoms with Crippen LogP contribution in [0.5, 0.6) is 0 Å². The maximum absolute atomic E-state index is 5.69. The average molecular weight is 256 g/mol. The van der Waals surface area contributed by atoms with E-state index in [2.05, 4.69) is 27.0 Å². The number of thiocarbonyl (C=S) groups is 1. The molecule has 0 aliphatic carbocycles. The number of hydrogen-bond acceptors (Lipinski definition) is 4. The van der Waals surface area contributed by atoms with Crippen molar-refractivity contribution in [1.29, 1.82) is 0 Å². The molecule has 2 aromatic rings. The number of nitrogens with two attached hydrogens (primary N) is 1. The van der Waals surface area contributed by atoms with Crippen LogP contribution in [-0.2, 0) is 13.1 Å². The van der Waals surface area contributed by atoms with Gasteiger partial charge in [0.2, 0.25) is 0 Å². The van der Waals surface area contributed by atoms with Crippen molar-refractivity contribution < 1.29 is 0 Å². The Hall–Kier alpha value is -2.01. The van der Waals surface area contributed by atoms with Crippen molar-refractivity contribution >= 4 is 23.0 Å². The molecule has 0 bridgehead atoms. The van der Waals surface area contributed by atoms with Crippen LogP contribution in [0.2, 0.25) is 0 Å². The summed E-state index contributed by atoms with van der Waals surface area (Å²) in [6, 6.07) is 8.36. The minimum Gasteiger partial charge on any atom is -0.388 e. The Morgan fingerprint density at radius 2 is 1.72 bits per heavy atom. The van der Waals surface area contributed by atoms with E-state index in [0.29, 0.717) is 5.69 Å². The van der Waals surface area contributed by atoms with Crippen molar-refractivity contribution in [1.82, 2.24) is 9.97 Å². The Labute approximate surface area is 110 Å². The second kappa shape index (κ2) is 4.34. The number of aromatic nitrogens is 2. The third kappa shape index (κ3) is 1.82. The Morgan fingerprint density at radius 3 is 2.33 bits per heavy atom. The van der Waals surface area contributed by atoms with Crippen LogP contribution in [0.3, 0.4) is 0 Å². The molecule has 0 fully saturated rings. The van der Waals surface area contributed by atoms with Crippen LogP contribution in [-0.4, -0.2) is 15.0 Å². The van der Waals surface area contributed by atoms with Gasteiger partial charge in [-0.1, -0.05) is 36.5 Å². The van der Waals surface area contributed by atoms with Gasteiger partial charge in [-0.15, -0.1) is 0 Å². The molecule has 4 nitrogen and oxygen atoms in total. The van der Waals surface area contributed by atoms with E-state index in [0.717, 1.165) is 18.9 Å². The highest BCUT2D eigenvalue weighted by Gasteiger charge is 2.22. The topological polar surface area (TPSA) is 55.0 Å². The summed E-state index contributed by atoms with van der Waals surface area (Å²) in [5.74, 6) is 0.765. The van der Waals surface area contributed by atoms with Crippen molar-refractivity contribution in [2.75, 3.05) is 4.90 Å². The zero-order valence-corrected chi connectivity index (χ0v) is 10.5. The highest BCUT2D eigenvalue weighted by Crippen LogP contribution is 2.27. The molecule has 3 rings (SSSR count). The fourth-order valence-electron chi connectivity index (χ4n) is 2.22. The van der Waals surface area contributed by atoms with Crippen molar-refractivity contribution in [3.63, 3.8) is 0 Å². The van der Waals surface area contributed by atoms with Crippen LogP contribution >= 0.6 is 12.2 Å². The van der Waals surface area contributed by atoms with E-state index in [-0.39, 0.29) is 4.99 Å². The molecule has 1 aromatic carbocycles. The van der Waals surface area contributed by atoms with Gasteiger partial charge in [0.15, 0.2) is 5.82 Å². The molecule has 1 aliphatic heterocycles. The largest absolute Gasteiger partial charge is 0.388 e. The number of rotatable bonds is 2. The summed E-state index contributed by atoms with van der Waals surface area (Å²) in [5, 5.41) is 0. The quantitative estimate of drug-likeness (QED) is 0.828. The van der Waals surface area contributed by atoms with Crippen molar-refractivity contribution in [3.8, 4) is 0 Å². The molecule has 0 radical (unpaired) electrons. The van der Waals surface area contributed by atoms with E-state index in [1.165, 1.54) is 11.1 Å². The first-order valence-corrected chi connectivity index (χ1v) is 6.09. The van der Waals surface area contributed by atoms with Gasteiger partial charge in [-0.05, 0) is 11.1 Å². The molecule has 2 N–H and O–H groups in total. The molecular weight excluding hydrogens is 244 g/mol. The normalized spacial score (nSPS) is 13.4. The summed E-state index contributed by atoms with van der Waals surface area (Å²) in [5.41, 5.74) is 8.92. The third-order valence-electron chi connectivity index (χ3n) is 3.05. The fourth-order valence-corrected chi connectivity index (χ4v) is 2.36. The number of nitrogens with zero attached hydrogens (tertiary/aromatic N) is 3. The average Bonchev–Trinajstić information content (AvgIpc) is 2.82. The Morgan fingerprint density at radius 1 is 1.11 bits per heavy atom. The fraction of sp³-hybridized carbons (Fsp3) is 0.154. The molecule has 18 heavy (non-hydrogen) atoms. The zero-order chi connectivity index (χ0) is 12.5. The number of benzene rings is 1. The molecule has 0 atom stereocenters. The van der Waals surface area contributed by atoms with Crippen molar-refractivity contribution in [3.05, 3.63) is 53.5 Å². The van der Waals surface area contributed by atoms with E-state index in [4.69, 9.17) is 18.0 Å². The molecule has 90 valence electrons. The first-order valence-electron chi connectivity index (χ1n) is 5.68. The van der Waals surface area contributed by atoms with Crippen molar-refractivity contribution in [2.45, 2.75) is 13.1 Å². The lowest BCUT2D eigenvalue weighted by molar-refractivity contribution is 0.847. The minimum atomic E-state index is 0.286. The maximum Gasteiger partial charge on any atom is 0.158 e. The summed E-state index contributed by atoms with van der Waals surface area (Å²) >= 11 is 5.02. The summed E-state index contributed by atoms with van der Waals surface area (Å²) in [7, 11) is 0. The smallest absolute Gasteiger partial charge is 0.158 e. The maximum atomic E-state index is 5.69. The van der Waals surface area contributed by atoms with Crippen LogP contribution in [0.4, 0.5) is 5.82 Å². The molecule has 0 saturated carbocycles. The molecule has 2 heterocycles. The van der Waals surface area contributed by atoms with E-state index in [1.54, 1.807) is 12.4 Å². The van der Waals surface area contributed by atoms with Gasteiger partial charge < -0.3 is 10.6 Å². The molecule has 1 aliphatic rings. The number of hydrogen-bond donors (Lipinski definition) is 1. The molecule has 0 unspecified atom stereocenters. The Bertz CT molecular complexity index is 586. The van der Waals surface area contributed by atoms with E-state index >= 15 is 0 Å². The molecule has 5 heteroatoms. The Kier molecular flexibility index (Phi) is 2.68. The van der Waals surface area contributed by atoms with Gasteiger partial charge in [0.25, 0.3) is 0 Å². The van der Waals surface area contributed by atoms with Gasteiger partial charge in [0.05, 0.1) is 0 Å². The summed E-state index contributed by atoms with van der Waals surface area (Å²) in [6.45, 7) is 1.65. The predicted octanol–water partition coefficient (Wildman–Crippen LogP) is 1.63. The second-order valence-corrected chi connectivity index (χ2v) is 4.66. The summed E-state index contributed by atoms with van der Waals surface area (Å²) in [4.78, 5) is 11.0. The lowest BCUT2D eigenvalue weighted by Crippen LogP contribution is -2.23. The first-order chi connectivity index (χ1) is 8.75. The van der Waals surface area contributed by atoms with Gasteiger partial charge in [0.1, 0.15) is 10.7 Å². The summed E-state index contributed by atoms with van der Waals surface area (Å²) in [6.07, 6.45) is 3.28. The van der Waals surface area contributed by atoms with Crippen LogP contribution < -0.4 is 10.6 Å². The predicted molar refractivity (Wildman–Crippen MR) is 74.2 cm³/mol. The van der Waals surface area contributed by atoms with Crippen LogP contribution in [0, 0.1) is 0 Å². The number of anilines is 1. The minimum absolute atomic E-state index is 0.286. The van der Waals surface area contributed by atoms with E-state index < -0.39 is 0 Å². The van der Waals surface area contributed by atoms with Crippen molar-refractivity contribution in [2.24, 2.45) is 5.73 Å².